The molecule has 0 fully saturated rings. The van der Waals surface area contributed by atoms with Crippen molar-refractivity contribution in [2.45, 2.75) is 20.1 Å². The molecule has 2 heterocycles. The molecule has 0 saturated heterocycles. The number of pyridine rings is 1. The Bertz CT molecular complexity index is 826. The summed E-state index contributed by atoms with van der Waals surface area (Å²) in [6.45, 7) is 2.42. The molecule has 0 aliphatic carbocycles. The van der Waals surface area contributed by atoms with E-state index in [0.717, 1.165) is 16.6 Å². The number of aromatic amines is 1. The number of nitrogens with zero attached hydrogens (tertiary/aromatic N) is 2. The van der Waals surface area contributed by atoms with Crippen LogP contribution < -0.4 is 15.8 Å². The largest absolute Gasteiger partial charge is 0.486 e. The number of nitrogens with two attached hydrogens (primary N) is 1. The first-order valence-corrected chi connectivity index (χ1v) is 7.16. The number of hydrogen-bond donors (Lipinski definition) is 3. The maximum Gasteiger partial charge on any atom is 0.217 e. The Balaban J connectivity index is 1.67. The van der Waals surface area contributed by atoms with Crippen molar-refractivity contribution in [3.05, 3.63) is 47.8 Å². The fraction of sp³-hybridized carbons (Fsp3) is 0.188. The number of amides is 1. The summed E-state index contributed by atoms with van der Waals surface area (Å²) < 4.78 is 5.82. The second-order valence-corrected chi connectivity index (χ2v) is 5.16. The van der Waals surface area contributed by atoms with Crippen molar-refractivity contribution in [2.75, 3.05) is 5.73 Å². The van der Waals surface area contributed by atoms with Crippen molar-refractivity contribution < 1.29 is 9.53 Å². The molecular weight excluding hydrogens is 294 g/mol. The van der Waals surface area contributed by atoms with Crippen LogP contribution in [0.15, 0.2) is 36.7 Å². The Hall–Kier alpha value is -3.09. The predicted molar refractivity (Wildman–Crippen MR) is 86.6 cm³/mol. The smallest absolute Gasteiger partial charge is 0.217 e. The van der Waals surface area contributed by atoms with Gasteiger partial charge in [-0.1, -0.05) is 24.3 Å². The molecule has 0 radical (unpaired) electrons. The van der Waals surface area contributed by atoms with Crippen LogP contribution in [0.5, 0.6) is 5.75 Å². The van der Waals surface area contributed by atoms with Crippen LogP contribution in [0.2, 0.25) is 0 Å². The zero-order valence-electron chi connectivity index (χ0n) is 12.7. The number of nitrogen functional groups attached to an aromatic ring is 1. The Morgan fingerprint density at radius 2 is 2.04 bits per heavy atom. The molecule has 0 spiro atoms. The minimum Gasteiger partial charge on any atom is -0.486 e. The number of rotatable bonds is 5. The summed E-state index contributed by atoms with van der Waals surface area (Å²) in [6.07, 6.45) is 1.56. The van der Waals surface area contributed by atoms with Crippen LogP contribution in [0.25, 0.3) is 11.2 Å². The van der Waals surface area contributed by atoms with Gasteiger partial charge < -0.3 is 20.8 Å². The van der Waals surface area contributed by atoms with Gasteiger partial charge in [0.25, 0.3) is 0 Å². The molecule has 0 aliphatic rings. The summed E-state index contributed by atoms with van der Waals surface area (Å²) in [4.78, 5) is 22.1. The third-order valence-electron chi connectivity index (χ3n) is 3.34. The monoisotopic (exact) mass is 311 g/mol. The van der Waals surface area contributed by atoms with Gasteiger partial charge in [-0.3, -0.25) is 4.79 Å². The molecule has 7 nitrogen and oxygen atoms in total. The number of ether oxygens (including phenoxy) is 1. The predicted octanol–water partition coefficient (Wildman–Crippen LogP) is 1.76. The highest BCUT2D eigenvalue weighted by Gasteiger charge is 2.08. The van der Waals surface area contributed by atoms with Gasteiger partial charge >= 0.3 is 0 Å². The van der Waals surface area contributed by atoms with Crippen LogP contribution >= 0.6 is 0 Å². The van der Waals surface area contributed by atoms with Gasteiger partial charge in [-0.2, -0.15) is 0 Å². The van der Waals surface area contributed by atoms with E-state index >= 15 is 0 Å². The molecule has 0 bridgehead atoms. The van der Waals surface area contributed by atoms with Crippen molar-refractivity contribution in [3.8, 4) is 5.75 Å². The number of nitrogens with one attached hydrogen (secondary N) is 2. The Morgan fingerprint density at radius 3 is 2.78 bits per heavy atom. The molecule has 4 N–H and O–H groups in total. The molecule has 1 amide bonds. The van der Waals surface area contributed by atoms with Crippen LogP contribution in [0.3, 0.4) is 0 Å². The van der Waals surface area contributed by atoms with E-state index in [1.807, 2.05) is 24.3 Å². The van der Waals surface area contributed by atoms with E-state index in [1.165, 1.54) is 6.92 Å². The molecule has 3 aromatic rings. The third kappa shape index (κ3) is 3.57. The molecule has 23 heavy (non-hydrogen) atoms. The van der Waals surface area contributed by atoms with E-state index in [9.17, 15) is 4.79 Å². The number of anilines is 1. The number of imidazole rings is 1. The van der Waals surface area contributed by atoms with Crippen molar-refractivity contribution in [2.24, 2.45) is 0 Å². The number of carbonyl (C=O) groups is 1. The molecule has 7 heteroatoms. The van der Waals surface area contributed by atoms with Crippen LogP contribution in [0.4, 0.5) is 5.82 Å². The maximum absolute atomic E-state index is 10.9. The lowest BCUT2D eigenvalue weighted by Crippen LogP contribution is -2.18. The number of hydrogen-bond acceptors (Lipinski definition) is 5. The van der Waals surface area contributed by atoms with Gasteiger partial charge in [0.2, 0.25) is 5.91 Å². The summed E-state index contributed by atoms with van der Waals surface area (Å²) in [5.74, 6) is 0.939. The van der Waals surface area contributed by atoms with Gasteiger partial charge in [0.1, 0.15) is 17.9 Å². The third-order valence-corrected chi connectivity index (χ3v) is 3.34. The summed E-state index contributed by atoms with van der Waals surface area (Å²) >= 11 is 0. The Labute approximate surface area is 132 Å². The molecule has 0 unspecified atom stereocenters. The molecule has 2 aromatic heterocycles. The summed E-state index contributed by atoms with van der Waals surface area (Å²) in [7, 11) is 0. The Kier molecular flexibility index (Phi) is 4.09. The van der Waals surface area contributed by atoms with E-state index in [2.05, 4.69) is 20.3 Å². The van der Waals surface area contributed by atoms with Crippen LogP contribution in [-0.4, -0.2) is 20.9 Å². The quantitative estimate of drug-likeness (QED) is 0.665. The normalized spacial score (nSPS) is 10.7. The first-order chi connectivity index (χ1) is 11.1. The summed E-state index contributed by atoms with van der Waals surface area (Å²) in [5.41, 5.74) is 9.06. The van der Waals surface area contributed by atoms with Crippen LogP contribution in [-0.2, 0) is 17.9 Å². The summed E-state index contributed by atoms with van der Waals surface area (Å²) in [5, 5.41) is 2.76. The molecule has 118 valence electrons. The SMILES string of the molecule is CC(=O)NCc1ccc(COc2cc(N)nc3nc[nH]c23)cc1. The standard InChI is InChI=1S/C16H17N5O2/c1-10(22)18-7-11-2-4-12(5-3-11)8-23-13-6-14(17)21-16-15(13)19-9-20-16/h2-6,9H,7-8H2,1H3,(H,18,22)(H3,17,19,20,21). The van der Waals surface area contributed by atoms with E-state index in [1.54, 1.807) is 12.4 Å². The van der Waals surface area contributed by atoms with Gasteiger partial charge in [-0.25, -0.2) is 9.97 Å². The first kappa shape index (κ1) is 14.8. The highest BCUT2D eigenvalue weighted by molar-refractivity contribution is 5.79. The first-order valence-electron chi connectivity index (χ1n) is 7.16. The van der Waals surface area contributed by atoms with Crippen LogP contribution in [0.1, 0.15) is 18.1 Å². The molecule has 0 aliphatic heterocycles. The van der Waals surface area contributed by atoms with Crippen molar-refractivity contribution in [3.63, 3.8) is 0 Å². The van der Waals surface area contributed by atoms with Gasteiger partial charge in [-0.05, 0) is 11.1 Å². The fourth-order valence-electron chi connectivity index (χ4n) is 2.17. The van der Waals surface area contributed by atoms with Gasteiger partial charge in [0.15, 0.2) is 11.4 Å². The van der Waals surface area contributed by atoms with Crippen molar-refractivity contribution >= 4 is 22.9 Å². The average Bonchev–Trinajstić information content (AvgIpc) is 2.99. The lowest BCUT2D eigenvalue weighted by Gasteiger charge is -2.09. The number of aromatic nitrogens is 3. The van der Waals surface area contributed by atoms with E-state index in [4.69, 9.17) is 10.5 Å². The molecular formula is C16H17N5O2. The molecule has 0 atom stereocenters. The maximum atomic E-state index is 10.9. The molecule has 1 aromatic carbocycles. The number of carbonyl (C=O) groups excluding carboxylic acids is 1. The minimum atomic E-state index is -0.0451. The lowest BCUT2D eigenvalue weighted by atomic mass is 10.1. The second-order valence-electron chi connectivity index (χ2n) is 5.16. The van der Waals surface area contributed by atoms with E-state index in [0.29, 0.717) is 30.4 Å². The van der Waals surface area contributed by atoms with Crippen molar-refractivity contribution in [1.82, 2.24) is 20.3 Å². The highest BCUT2D eigenvalue weighted by atomic mass is 16.5. The topological polar surface area (TPSA) is 106 Å². The average molecular weight is 311 g/mol. The van der Waals surface area contributed by atoms with E-state index < -0.39 is 0 Å². The lowest BCUT2D eigenvalue weighted by molar-refractivity contribution is -0.119. The zero-order valence-corrected chi connectivity index (χ0v) is 12.7. The summed E-state index contributed by atoms with van der Waals surface area (Å²) in [6, 6.07) is 9.52. The fourth-order valence-corrected chi connectivity index (χ4v) is 2.17. The second kappa shape index (κ2) is 6.35. The molecule has 0 saturated carbocycles. The van der Waals surface area contributed by atoms with Crippen molar-refractivity contribution in [1.29, 1.82) is 0 Å². The Morgan fingerprint density at radius 1 is 1.30 bits per heavy atom. The minimum absolute atomic E-state index is 0.0451. The number of benzene rings is 1. The van der Waals surface area contributed by atoms with Gasteiger partial charge in [-0.15, -0.1) is 0 Å². The van der Waals surface area contributed by atoms with Gasteiger partial charge in [0, 0.05) is 19.5 Å². The van der Waals surface area contributed by atoms with Gasteiger partial charge in [0.05, 0.1) is 6.33 Å². The number of fused-ring (bicyclic) bond motifs is 1. The number of H-pyrrole nitrogens is 1. The van der Waals surface area contributed by atoms with E-state index in [-0.39, 0.29) is 5.91 Å². The van der Waals surface area contributed by atoms with Crippen LogP contribution in [0, 0.1) is 0 Å². The zero-order chi connectivity index (χ0) is 16.2. The highest BCUT2D eigenvalue weighted by Crippen LogP contribution is 2.24. The molecule has 3 rings (SSSR count).